The van der Waals surface area contributed by atoms with E-state index in [4.69, 9.17) is 4.74 Å². The van der Waals surface area contributed by atoms with Gasteiger partial charge in [-0.15, -0.1) is 16.4 Å². The van der Waals surface area contributed by atoms with Gasteiger partial charge in [-0.1, -0.05) is 29.5 Å². The summed E-state index contributed by atoms with van der Waals surface area (Å²) in [6.07, 6.45) is 0.880. The quantitative estimate of drug-likeness (QED) is 0.500. The van der Waals surface area contributed by atoms with Gasteiger partial charge >= 0.3 is 0 Å². The number of aryl methyl sites for hydroxylation is 1. The number of fused-ring (bicyclic) bond motifs is 1. The predicted molar refractivity (Wildman–Crippen MR) is 114 cm³/mol. The summed E-state index contributed by atoms with van der Waals surface area (Å²) >= 11 is 1.40. The number of ether oxygens (including phenoxy) is 1. The summed E-state index contributed by atoms with van der Waals surface area (Å²) in [6, 6.07) is 13.6. The van der Waals surface area contributed by atoms with Crippen LogP contribution >= 0.6 is 11.3 Å². The van der Waals surface area contributed by atoms with Gasteiger partial charge in [-0.25, -0.2) is 9.67 Å². The van der Waals surface area contributed by atoms with Crippen LogP contribution in [0.1, 0.15) is 22.8 Å². The fourth-order valence-electron chi connectivity index (χ4n) is 3.04. The first-order valence-electron chi connectivity index (χ1n) is 9.36. The maximum absolute atomic E-state index is 12.6. The molecule has 0 atom stereocenters. The molecule has 2 heterocycles. The Labute approximate surface area is 172 Å². The van der Waals surface area contributed by atoms with Gasteiger partial charge < -0.3 is 4.74 Å². The van der Waals surface area contributed by atoms with Crippen molar-refractivity contribution in [3.8, 4) is 11.3 Å². The van der Waals surface area contributed by atoms with Crippen LogP contribution in [-0.2, 0) is 17.7 Å². The molecule has 1 N–H and O–H groups in total. The molecular weight excluding hydrogens is 386 g/mol. The van der Waals surface area contributed by atoms with Gasteiger partial charge in [0.15, 0.2) is 5.13 Å². The second-order valence-electron chi connectivity index (χ2n) is 6.54. The molecule has 0 saturated heterocycles. The lowest BCUT2D eigenvalue weighted by Crippen LogP contribution is -2.11. The topological polar surface area (TPSA) is 81.9 Å². The molecule has 148 valence electrons. The van der Waals surface area contributed by atoms with Gasteiger partial charge in [0.25, 0.3) is 5.91 Å². The van der Waals surface area contributed by atoms with Crippen molar-refractivity contribution < 1.29 is 9.53 Å². The zero-order chi connectivity index (χ0) is 20.2. The molecule has 0 aliphatic rings. The Hall–Kier alpha value is -3.10. The monoisotopic (exact) mass is 407 g/mol. The van der Waals surface area contributed by atoms with Crippen molar-refractivity contribution in [3.05, 3.63) is 59.0 Å². The Morgan fingerprint density at radius 3 is 2.79 bits per heavy atom. The summed E-state index contributed by atoms with van der Waals surface area (Å²) in [7, 11) is 1.70. The van der Waals surface area contributed by atoms with Crippen LogP contribution < -0.4 is 5.32 Å². The number of nitrogens with zero attached hydrogens (tertiary/aromatic N) is 4. The molecular formula is C21H21N5O2S. The third-order valence-electron chi connectivity index (χ3n) is 4.64. The molecule has 7 nitrogen and oxygen atoms in total. The van der Waals surface area contributed by atoms with Crippen LogP contribution in [0.25, 0.3) is 22.3 Å². The van der Waals surface area contributed by atoms with E-state index in [9.17, 15) is 4.79 Å². The van der Waals surface area contributed by atoms with Gasteiger partial charge in [0, 0.05) is 30.2 Å². The Morgan fingerprint density at radius 1 is 1.21 bits per heavy atom. The molecule has 8 heteroatoms. The van der Waals surface area contributed by atoms with E-state index < -0.39 is 0 Å². The smallest absolute Gasteiger partial charge is 0.257 e. The number of thiazole rings is 1. The molecule has 2 aromatic heterocycles. The highest BCUT2D eigenvalue weighted by Crippen LogP contribution is 2.26. The zero-order valence-corrected chi connectivity index (χ0v) is 17.1. The maximum Gasteiger partial charge on any atom is 0.257 e. The highest BCUT2D eigenvalue weighted by molar-refractivity contribution is 7.14. The van der Waals surface area contributed by atoms with E-state index in [0.717, 1.165) is 29.7 Å². The minimum absolute atomic E-state index is 0.214. The minimum Gasteiger partial charge on any atom is -0.384 e. The molecule has 0 aliphatic carbocycles. The molecule has 4 rings (SSSR count). The number of benzene rings is 2. The van der Waals surface area contributed by atoms with Gasteiger partial charge in [-0.05, 0) is 37.1 Å². The second kappa shape index (κ2) is 8.50. The fraction of sp³-hybridized carbons (Fsp3) is 0.238. The first kappa shape index (κ1) is 19.2. The van der Waals surface area contributed by atoms with Crippen LogP contribution in [0.5, 0.6) is 0 Å². The third-order valence-corrected chi connectivity index (χ3v) is 5.40. The molecule has 29 heavy (non-hydrogen) atoms. The number of carbonyl (C=O) groups is 1. The normalized spacial score (nSPS) is 11.1. The Balaban J connectivity index is 1.46. The zero-order valence-electron chi connectivity index (χ0n) is 16.3. The molecule has 0 spiro atoms. The largest absolute Gasteiger partial charge is 0.384 e. The maximum atomic E-state index is 12.6. The van der Waals surface area contributed by atoms with Crippen LogP contribution in [0.4, 0.5) is 5.13 Å². The Kier molecular flexibility index (Phi) is 5.64. The van der Waals surface area contributed by atoms with Gasteiger partial charge in [0.1, 0.15) is 5.52 Å². The summed E-state index contributed by atoms with van der Waals surface area (Å²) in [5, 5.41) is 13.6. The number of amides is 1. The van der Waals surface area contributed by atoms with Gasteiger partial charge in [0.2, 0.25) is 0 Å². The summed E-state index contributed by atoms with van der Waals surface area (Å²) in [5.74, 6) is -0.214. The molecule has 4 aromatic rings. The Morgan fingerprint density at radius 2 is 2.03 bits per heavy atom. The lowest BCUT2D eigenvalue weighted by atomic mass is 10.1. The van der Waals surface area contributed by atoms with Crippen LogP contribution in [-0.4, -0.2) is 39.6 Å². The number of aromatic nitrogens is 4. The van der Waals surface area contributed by atoms with Gasteiger partial charge in [-0.2, -0.15) is 0 Å². The van der Waals surface area contributed by atoms with Crippen molar-refractivity contribution in [2.24, 2.45) is 0 Å². The number of anilines is 1. The Bertz CT molecular complexity index is 1130. The first-order valence-corrected chi connectivity index (χ1v) is 10.2. The minimum atomic E-state index is -0.214. The summed E-state index contributed by atoms with van der Waals surface area (Å²) < 4.78 is 6.90. The first-order chi connectivity index (χ1) is 14.2. The summed E-state index contributed by atoms with van der Waals surface area (Å²) in [5.41, 5.74) is 5.21. The van der Waals surface area contributed by atoms with Crippen LogP contribution in [0.15, 0.2) is 47.8 Å². The van der Waals surface area contributed by atoms with Crippen molar-refractivity contribution in [2.75, 3.05) is 19.0 Å². The molecule has 0 aliphatic heterocycles. The van der Waals surface area contributed by atoms with Crippen molar-refractivity contribution in [1.29, 1.82) is 0 Å². The van der Waals surface area contributed by atoms with E-state index in [0.29, 0.717) is 22.8 Å². The van der Waals surface area contributed by atoms with E-state index in [2.05, 4.69) is 32.7 Å². The van der Waals surface area contributed by atoms with Crippen LogP contribution in [0.2, 0.25) is 0 Å². The van der Waals surface area contributed by atoms with Crippen LogP contribution in [0.3, 0.4) is 0 Å². The highest BCUT2D eigenvalue weighted by atomic mass is 32.1. The molecule has 0 bridgehead atoms. The SMILES string of the molecule is CCn1nnc2cc(C(=O)Nc3nc(-c4ccc(CCOC)cc4)cs3)ccc21. The lowest BCUT2D eigenvalue weighted by Gasteiger charge is -2.03. The third kappa shape index (κ3) is 4.18. The van der Waals surface area contributed by atoms with Gasteiger partial charge in [-0.3, -0.25) is 10.1 Å². The standard InChI is InChI=1S/C21H21N5O2S/c1-3-26-19-9-8-16(12-17(19)24-25-26)20(27)23-21-22-18(13-29-21)15-6-4-14(5-7-15)10-11-28-2/h4-9,12-13H,3,10-11H2,1-2H3,(H,22,23,27). The average Bonchev–Trinajstić information content (AvgIpc) is 3.38. The molecule has 0 saturated carbocycles. The number of hydrogen-bond donors (Lipinski definition) is 1. The number of hydrogen-bond acceptors (Lipinski definition) is 6. The van der Waals surface area contributed by atoms with Crippen molar-refractivity contribution in [2.45, 2.75) is 19.9 Å². The number of carbonyl (C=O) groups excluding carboxylic acids is 1. The number of rotatable bonds is 7. The highest BCUT2D eigenvalue weighted by Gasteiger charge is 2.12. The molecule has 1 amide bonds. The van der Waals surface area contributed by atoms with Crippen LogP contribution in [0, 0.1) is 0 Å². The van der Waals surface area contributed by atoms with Crippen molar-refractivity contribution in [3.63, 3.8) is 0 Å². The summed E-state index contributed by atoms with van der Waals surface area (Å²) in [4.78, 5) is 17.2. The van der Waals surface area contributed by atoms with E-state index in [1.54, 1.807) is 23.9 Å². The fourth-order valence-corrected chi connectivity index (χ4v) is 3.76. The predicted octanol–water partition coefficient (Wildman–Crippen LogP) is 4.02. The van der Waals surface area contributed by atoms with E-state index in [-0.39, 0.29) is 5.91 Å². The van der Waals surface area contributed by atoms with Crippen molar-refractivity contribution in [1.82, 2.24) is 20.0 Å². The number of methoxy groups -OCH3 is 1. The molecule has 0 radical (unpaired) electrons. The van der Waals surface area contributed by atoms with Gasteiger partial charge in [0.05, 0.1) is 17.8 Å². The molecule has 2 aromatic carbocycles. The number of nitrogens with one attached hydrogen (secondary N) is 1. The average molecular weight is 407 g/mol. The molecule has 0 fully saturated rings. The summed E-state index contributed by atoms with van der Waals surface area (Å²) in [6.45, 7) is 3.44. The van der Waals surface area contributed by atoms with E-state index in [1.165, 1.54) is 16.9 Å². The molecule has 0 unspecified atom stereocenters. The van der Waals surface area contributed by atoms with E-state index in [1.807, 2.05) is 30.5 Å². The second-order valence-corrected chi connectivity index (χ2v) is 7.40. The lowest BCUT2D eigenvalue weighted by molar-refractivity contribution is 0.102. The van der Waals surface area contributed by atoms with E-state index >= 15 is 0 Å². The van der Waals surface area contributed by atoms with Crippen molar-refractivity contribution >= 4 is 33.4 Å².